The molecule has 0 unspecified atom stereocenters. The van der Waals surface area contributed by atoms with Crippen LogP contribution in [0.4, 0.5) is 0 Å². The van der Waals surface area contributed by atoms with E-state index in [-0.39, 0.29) is 35.6 Å². The van der Waals surface area contributed by atoms with Crippen LogP contribution in [0.3, 0.4) is 0 Å². The first-order chi connectivity index (χ1) is 25.3. The number of rotatable bonds is 5. The lowest BCUT2D eigenvalue weighted by atomic mass is 9.85. The summed E-state index contributed by atoms with van der Waals surface area (Å²) in [6.07, 6.45) is -2.73. The summed E-state index contributed by atoms with van der Waals surface area (Å²) in [7, 11) is 0. The van der Waals surface area contributed by atoms with E-state index in [1.54, 1.807) is 34.9 Å². The summed E-state index contributed by atoms with van der Waals surface area (Å²) in [5.74, 6) is -0.201. The molecule has 0 spiro atoms. The lowest BCUT2D eigenvalue weighted by molar-refractivity contribution is 0.908. The molecule has 1 heterocycles. The van der Waals surface area contributed by atoms with E-state index in [4.69, 9.17) is 13.7 Å². The average Bonchev–Trinajstić information content (AvgIpc) is 3.56. The van der Waals surface area contributed by atoms with Gasteiger partial charge in [0.05, 0.1) is 17.9 Å². The Morgan fingerprint density at radius 3 is 1.88 bits per heavy atom. The number of fused-ring (bicyclic) bond motifs is 3. The van der Waals surface area contributed by atoms with Gasteiger partial charge in [0.15, 0.2) is 0 Å². The SMILES string of the molecule is [2H]c1c([2H])c([2H])c(-c2ccc(-c3c4ccccc4c(-c4cccc(-n5c(C([2H])([2H])C([2H])([2H])[2H])nc6ccccc65)c4)c4ccccc34)cc2)c([2H])c1[2H]. The molecule has 0 aliphatic carbocycles. The van der Waals surface area contributed by atoms with Crippen molar-refractivity contribution in [2.45, 2.75) is 13.2 Å². The third-order valence-corrected chi connectivity index (χ3v) is 7.96. The molecule has 7 aromatic carbocycles. The molecule has 8 aromatic rings. The van der Waals surface area contributed by atoms with Gasteiger partial charge in [0, 0.05) is 18.9 Å². The summed E-state index contributed by atoms with van der Waals surface area (Å²) < 4.78 is 84.2. The number of nitrogens with zero attached hydrogens (tertiary/aromatic N) is 2. The minimum Gasteiger partial charge on any atom is -0.296 e. The largest absolute Gasteiger partial charge is 0.296 e. The molecule has 204 valence electrons. The van der Waals surface area contributed by atoms with Gasteiger partial charge in [-0.05, 0) is 79.2 Å². The van der Waals surface area contributed by atoms with E-state index in [1.807, 2.05) is 66.7 Å². The van der Waals surface area contributed by atoms with E-state index >= 15 is 0 Å². The van der Waals surface area contributed by atoms with Gasteiger partial charge in [-0.25, -0.2) is 4.98 Å². The number of hydrogen-bond donors (Lipinski definition) is 0. The second-order valence-electron chi connectivity index (χ2n) is 10.4. The van der Waals surface area contributed by atoms with Crippen molar-refractivity contribution in [2.24, 2.45) is 0 Å². The topological polar surface area (TPSA) is 17.8 Å². The van der Waals surface area contributed by atoms with Gasteiger partial charge in [-0.2, -0.15) is 0 Å². The number of aromatic nitrogens is 2. The first-order valence-corrected chi connectivity index (χ1v) is 14.0. The van der Waals surface area contributed by atoms with E-state index in [0.29, 0.717) is 22.3 Å². The standard InChI is InChI=1S/C41H30N2/c1-2-39-42-37-21-10-11-22-38(37)43(39)32-16-12-15-31(27-32)41-35-19-8-6-17-33(35)40(34-18-7-9-20-36(34)41)30-25-23-29(24-26-30)28-13-4-3-5-14-28/h3-27H,2H2,1H3/i1D3,2D2,3D,4D,5D,13D,14D. The molecule has 0 saturated carbocycles. The third kappa shape index (κ3) is 4.23. The van der Waals surface area contributed by atoms with Gasteiger partial charge < -0.3 is 0 Å². The lowest BCUT2D eigenvalue weighted by Crippen LogP contribution is -2.00. The number of hydrogen-bond acceptors (Lipinski definition) is 1. The van der Waals surface area contributed by atoms with Crippen LogP contribution in [0, 0.1) is 0 Å². The van der Waals surface area contributed by atoms with Crippen LogP contribution in [-0.2, 0) is 6.37 Å². The van der Waals surface area contributed by atoms with Crippen molar-refractivity contribution in [1.82, 2.24) is 9.55 Å². The highest BCUT2D eigenvalue weighted by atomic mass is 15.1. The molecule has 0 atom stereocenters. The van der Waals surface area contributed by atoms with E-state index in [9.17, 15) is 0 Å². The van der Waals surface area contributed by atoms with Crippen LogP contribution in [0.5, 0.6) is 0 Å². The fraction of sp³-hybridized carbons (Fsp3) is 0.0488. The Morgan fingerprint density at radius 1 is 0.605 bits per heavy atom. The van der Waals surface area contributed by atoms with Crippen LogP contribution in [-0.4, -0.2) is 9.55 Å². The van der Waals surface area contributed by atoms with Gasteiger partial charge >= 0.3 is 0 Å². The van der Waals surface area contributed by atoms with E-state index in [2.05, 4.69) is 29.2 Å². The Bertz CT molecular complexity index is 2660. The van der Waals surface area contributed by atoms with E-state index < -0.39 is 19.3 Å². The van der Waals surface area contributed by atoms with E-state index in [0.717, 1.165) is 43.8 Å². The van der Waals surface area contributed by atoms with Crippen molar-refractivity contribution in [3.05, 3.63) is 157 Å². The van der Waals surface area contributed by atoms with Crippen molar-refractivity contribution < 1.29 is 13.7 Å². The fourth-order valence-electron chi connectivity index (χ4n) is 6.12. The van der Waals surface area contributed by atoms with Gasteiger partial charge in [-0.1, -0.05) is 134 Å². The van der Waals surface area contributed by atoms with E-state index in [1.165, 1.54) is 0 Å². The summed E-state index contributed by atoms with van der Waals surface area (Å²) in [4.78, 5) is 4.50. The molecule has 0 N–H and O–H groups in total. The predicted molar refractivity (Wildman–Crippen MR) is 182 cm³/mol. The second kappa shape index (κ2) is 10.4. The summed E-state index contributed by atoms with van der Waals surface area (Å²) in [6.45, 7) is -2.96. The Morgan fingerprint density at radius 2 is 1.21 bits per heavy atom. The molecule has 0 aliphatic rings. The Balaban J connectivity index is 1.34. The number of para-hydroxylation sites is 2. The first kappa shape index (κ1) is 16.8. The zero-order chi connectivity index (χ0) is 37.4. The Kier molecular flexibility index (Phi) is 4.08. The predicted octanol–water partition coefficient (Wildman–Crippen LogP) is 10.9. The maximum atomic E-state index is 8.67. The zero-order valence-electron chi connectivity index (χ0n) is 32.9. The quantitative estimate of drug-likeness (QED) is 0.191. The average molecular weight is 561 g/mol. The third-order valence-electron chi connectivity index (χ3n) is 7.96. The summed E-state index contributed by atoms with van der Waals surface area (Å²) in [6, 6.07) is 36.6. The number of imidazole rings is 1. The van der Waals surface area contributed by atoms with Gasteiger partial charge in [0.25, 0.3) is 0 Å². The molecule has 0 aliphatic heterocycles. The molecule has 0 bridgehead atoms. The summed E-state index contributed by atoms with van der Waals surface area (Å²) >= 11 is 0. The Hall–Kier alpha value is -5.47. The zero-order valence-corrected chi connectivity index (χ0v) is 22.9. The highest BCUT2D eigenvalue weighted by Gasteiger charge is 2.18. The van der Waals surface area contributed by atoms with Crippen LogP contribution in [0.15, 0.2) is 152 Å². The van der Waals surface area contributed by atoms with Crippen molar-refractivity contribution in [3.8, 4) is 39.1 Å². The molecular weight excluding hydrogens is 520 g/mol. The normalized spacial score (nSPS) is 15.4. The smallest absolute Gasteiger partial charge is 0.114 e. The fourth-order valence-corrected chi connectivity index (χ4v) is 6.12. The Labute approximate surface area is 265 Å². The minimum atomic E-state index is -2.96. The van der Waals surface area contributed by atoms with Crippen molar-refractivity contribution >= 4 is 32.6 Å². The molecule has 1 aromatic heterocycles. The maximum absolute atomic E-state index is 8.67. The molecular formula is C41H30N2. The molecule has 0 radical (unpaired) electrons. The number of aryl methyl sites for hydroxylation is 1. The van der Waals surface area contributed by atoms with Gasteiger partial charge in [0.1, 0.15) is 5.82 Å². The van der Waals surface area contributed by atoms with Crippen LogP contribution in [0.25, 0.3) is 71.6 Å². The van der Waals surface area contributed by atoms with Gasteiger partial charge in [0.2, 0.25) is 0 Å². The second-order valence-corrected chi connectivity index (χ2v) is 10.4. The van der Waals surface area contributed by atoms with Crippen molar-refractivity contribution in [3.63, 3.8) is 0 Å². The van der Waals surface area contributed by atoms with Crippen molar-refractivity contribution in [2.75, 3.05) is 0 Å². The molecule has 0 saturated heterocycles. The molecule has 0 amide bonds. The van der Waals surface area contributed by atoms with Gasteiger partial charge in [-0.15, -0.1) is 0 Å². The highest BCUT2D eigenvalue weighted by Crippen LogP contribution is 2.44. The summed E-state index contributed by atoms with van der Waals surface area (Å²) in [5.41, 5.74) is 5.95. The van der Waals surface area contributed by atoms with Crippen LogP contribution >= 0.6 is 0 Å². The molecule has 8 rings (SSSR count). The van der Waals surface area contributed by atoms with Crippen LogP contribution in [0.2, 0.25) is 0 Å². The van der Waals surface area contributed by atoms with Crippen LogP contribution < -0.4 is 0 Å². The highest BCUT2D eigenvalue weighted by molar-refractivity contribution is 6.21. The first-order valence-electron chi connectivity index (χ1n) is 19.0. The molecule has 43 heavy (non-hydrogen) atoms. The maximum Gasteiger partial charge on any atom is 0.114 e. The molecule has 2 nitrogen and oxygen atoms in total. The summed E-state index contributed by atoms with van der Waals surface area (Å²) in [5, 5.41) is 3.85. The molecule has 0 fully saturated rings. The lowest BCUT2D eigenvalue weighted by Gasteiger charge is -2.18. The van der Waals surface area contributed by atoms with Gasteiger partial charge in [-0.3, -0.25) is 4.57 Å². The van der Waals surface area contributed by atoms with Crippen molar-refractivity contribution in [1.29, 1.82) is 0 Å². The molecule has 2 heteroatoms. The monoisotopic (exact) mass is 560 g/mol. The number of benzene rings is 7. The van der Waals surface area contributed by atoms with Crippen LogP contribution in [0.1, 0.15) is 26.4 Å². The minimum absolute atomic E-state index is 0.147.